The zero-order chi connectivity index (χ0) is 14.9. The van der Waals surface area contributed by atoms with Crippen LogP contribution in [0.4, 0.5) is 0 Å². The topological polar surface area (TPSA) is 44.4 Å². The Balaban J connectivity index is 1.63. The number of carbonyl (C=O) groups is 1. The lowest BCUT2D eigenvalue weighted by Gasteiger charge is -2.29. The second-order valence-electron chi connectivity index (χ2n) is 6.76. The van der Waals surface area contributed by atoms with E-state index in [-0.39, 0.29) is 5.91 Å². The molecule has 2 rings (SSSR count). The van der Waals surface area contributed by atoms with Crippen molar-refractivity contribution in [3.63, 3.8) is 0 Å². The van der Waals surface area contributed by atoms with E-state index in [2.05, 4.69) is 22.5 Å². The maximum absolute atomic E-state index is 12.1. The van der Waals surface area contributed by atoms with Crippen molar-refractivity contribution in [3.05, 3.63) is 0 Å². The molecule has 1 aliphatic carbocycles. The number of piperidine rings is 1. The highest BCUT2D eigenvalue weighted by Crippen LogP contribution is 2.17. The SMILES string of the molecule is CCN(CCC(=O)NC1CCCCC1)CC1CCCNC1. The van der Waals surface area contributed by atoms with E-state index in [1.54, 1.807) is 0 Å². The third-order valence-electron chi connectivity index (χ3n) is 4.99. The summed E-state index contributed by atoms with van der Waals surface area (Å²) in [7, 11) is 0. The maximum atomic E-state index is 12.1. The number of nitrogens with one attached hydrogen (secondary N) is 2. The summed E-state index contributed by atoms with van der Waals surface area (Å²) in [5.41, 5.74) is 0. The Hall–Kier alpha value is -0.610. The standard InChI is InChI=1S/C17H33N3O/c1-2-20(14-15-7-6-11-18-13-15)12-10-17(21)19-16-8-4-3-5-9-16/h15-16,18H,2-14H2,1H3,(H,19,21). The van der Waals surface area contributed by atoms with Gasteiger partial charge >= 0.3 is 0 Å². The summed E-state index contributed by atoms with van der Waals surface area (Å²) in [5.74, 6) is 1.02. The predicted molar refractivity (Wildman–Crippen MR) is 87.3 cm³/mol. The van der Waals surface area contributed by atoms with Crippen molar-refractivity contribution in [1.29, 1.82) is 0 Å². The lowest BCUT2D eigenvalue weighted by Crippen LogP contribution is -2.41. The highest BCUT2D eigenvalue weighted by atomic mass is 16.1. The molecule has 4 nitrogen and oxygen atoms in total. The van der Waals surface area contributed by atoms with Crippen molar-refractivity contribution in [2.75, 3.05) is 32.7 Å². The van der Waals surface area contributed by atoms with Gasteiger partial charge in [0.25, 0.3) is 0 Å². The van der Waals surface area contributed by atoms with Gasteiger partial charge in [-0.25, -0.2) is 0 Å². The van der Waals surface area contributed by atoms with Crippen LogP contribution in [0.5, 0.6) is 0 Å². The molecule has 1 saturated carbocycles. The van der Waals surface area contributed by atoms with E-state index in [0.717, 1.165) is 32.1 Å². The summed E-state index contributed by atoms with van der Waals surface area (Å²) in [5, 5.41) is 6.70. The number of amides is 1. The van der Waals surface area contributed by atoms with Crippen molar-refractivity contribution < 1.29 is 4.79 Å². The van der Waals surface area contributed by atoms with Gasteiger partial charge in [0.15, 0.2) is 0 Å². The zero-order valence-corrected chi connectivity index (χ0v) is 13.7. The summed E-state index contributed by atoms with van der Waals surface area (Å²) in [6.07, 6.45) is 9.54. The molecule has 1 unspecified atom stereocenters. The average molecular weight is 295 g/mol. The maximum Gasteiger partial charge on any atom is 0.221 e. The summed E-state index contributed by atoms with van der Waals surface area (Å²) < 4.78 is 0. The molecule has 1 amide bonds. The predicted octanol–water partition coefficient (Wildman–Crippen LogP) is 2.15. The van der Waals surface area contributed by atoms with Crippen molar-refractivity contribution in [2.45, 2.75) is 64.3 Å². The number of rotatable bonds is 7. The highest BCUT2D eigenvalue weighted by molar-refractivity contribution is 5.76. The molecule has 0 bridgehead atoms. The molecule has 1 heterocycles. The highest BCUT2D eigenvalue weighted by Gasteiger charge is 2.18. The van der Waals surface area contributed by atoms with Crippen LogP contribution in [-0.4, -0.2) is 49.6 Å². The Morgan fingerprint density at radius 3 is 2.67 bits per heavy atom. The quantitative estimate of drug-likeness (QED) is 0.756. The summed E-state index contributed by atoms with van der Waals surface area (Å²) >= 11 is 0. The van der Waals surface area contributed by atoms with Crippen molar-refractivity contribution in [3.8, 4) is 0 Å². The van der Waals surface area contributed by atoms with E-state index >= 15 is 0 Å². The molecule has 0 spiro atoms. The molecule has 1 aliphatic heterocycles. The summed E-state index contributed by atoms with van der Waals surface area (Å²) in [4.78, 5) is 14.5. The fourth-order valence-corrected chi connectivity index (χ4v) is 3.63. The molecule has 1 atom stereocenters. The average Bonchev–Trinajstić information content (AvgIpc) is 2.53. The molecule has 122 valence electrons. The fourth-order valence-electron chi connectivity index (χ4n) is 3.63. The number of hydrogen-bond acceptors (Lipinski definition) is 3. The van der Waals surface area contributed by atoms with Crippen molar-refractivity contribution >= 4 is 5.91 Å². The lowest BCUT2D eigenvalue weighted by atomic mass is 9.95. The molecule has 0 aromatic carbocycles. The molecule has 21 heavy (non-hydrogen) atoms. The van der Waals surface area contributed by atoms with E-state index in [9.17, 15) is 4.79 Å². The van der Waals surface area contributed by atoms with Gasteiger partial charge in [0.1, 0.15) is 0 Å². The molecule has 1 saturated heterocycles. The van der Waals surface area contributed by atoms with Crippen LogP contribution in [0.15, 0.2) is 0 Å². The van der Waals surface area contributed by atoms with Gasteiger partial charge in [-0.1, -0.05) is 26.2 Å². The third-order valence-corrected chi connectivity index (χ3v) is 4.99. The van der Waals surface area contributed by atoms with E-state index in [1.807, 2.05) is 0 Å². The van der Waals surface area contributed by atoms with Crippen LogP contribution in [0.25, 0.3) is 0 Å². The molecule has 2 N–H and O–H groups in total. The number of nitrogens with zero attached hydrogens (tertiary/aromatic N) is 1. The van der Waals surface area contributed by atoms with E-state index in [4.69, 9.17) is 0 Å². The van der Waals surface area contributed by atoms with Gasteiger partial charge in [0.2, 0.25) is 5.91 Å². The first-order chi connectivity index (χ1) is 10.3. The third kappa shape index (κ3) is 6.35. The molecule has 0 radical (unpaired) electrons. The molecule has 4 heteroatoms. The lowest BCUT2D eigenvalue weighted by molar-refractivity contribution is -0.122. The summed E-state index contributed by atoms with van der Waals surface area (Å²) in [6.45, 7) is 7.62. The van der Waals surface area contributed by atoms with Gasteiger partial charge in [-0.15, -0.1) is 0 Å². The minimum Gasteiger partial charge on any atom is -0.353 e. The molecular weight excluding hydrogens is 262 g/mol. The first-order valence-corrected chi connectivity index (χ1v) is 9.00. The van der Waals surface area contributed by atoms with Crippen LogP contribution in [0.2, 0.25) is 0 Å². The Labute approximate surface area is 130 Å². The molecule has 2 aliphatic rings. The molecule has 0 aromatic heterocycles. The minimum absolute atomic E-state index is 0.252. The van der Waals surface area contributed by atoms with Crippen molar-refractivity contribution in [2.24, 2.45) is 5.92 Å². The largest absolute Gasteiger partial charge is 0.353 e. The van der Waals surface area contributed by atoms with Gasteiger partial charge in [-0.2, -0.15) is 0 Å². The van der Waals surface area contributed by atoms with Gasteiger partial charge in [0.05, 0.1) is 0 Å². The normalized spacial score (nSPS) is 24.2. The van der Waals surface area contributed by atoms with Crippen LogP contribution in [0, 0.1) is 5.92 Å². The van der Waals surface area contributed by atoms with Gasteiger partial charge < -0.3 is 15.5 Å². The van der Waals surface area contributed by atoms with E-state index < -0.39 is 0 Å². The van der Waals surface area contributed by atoms with Crippen LogP contribution < -0.4 is 10.6 Å². The van der Waals surface area contributed by atoms with E-state index in [0.29, 0.717) is 12.5 Å². The van der Waals surface area contributed by atoms with Gasteiger partial charge in [-0.05, 0) is 51.2 Å². The Bertz CT molecular complexity index is 296. The Morgan fingerprint density at radius 2 is 2.00 bits per heavy atom. The second-order valence-corrected chi connectivity index (χ2v) is 6.76. The van der Waals surface area contributed by atoms with Crippen LogP contribution in [0.1, 0.15) is 58.3 Å². The molecule has 2 fully saturated rings. The first-order valence-electron chi connectivity index (χ1n) is 9.00. The van der Waals surface area contributed by atoms with Crippen molar-refractivity contribution in [1.82, 2.24) is 15.5 Å². The van der Waals surface area contributed by atoms with Gasteiger partial charge in [0, 0.05) is 25.6 Å². The zero-order valence-electron chi connectivity index (χ0n) is 13.7. The monoisotopic (exact) mass is 295 g/mol. The molecule has 0 aromatic rings. The molecular formula is C17H33N3O. The first kappa shape index (κ1) is 16.8. The van der Waals surface area contributed by atoms with Crippen LogP contribution in [-0.2, 0) is 4.79 Å². The number of carbonyl (C=O) groups excluding carboxylic acids is 1. The van der Waals surface area contributed by atoms with Gasteiger partial charge in [-0.3, -0.25) is 4.79 Å². The smallest absolute Gasteiger partial charge is 0.221 e. The Morgan fingerprint density at radius 1 is 1.19 bits per heavy atom. The van der Waals surface area contributed by atoms with E-state index in [1.165, 1.54) is 51.5 Å². The van der Waals surface area contributed by atoms with Crippen LogP contribution in [0.3, 0.4) is 0 Å². The van der Waals surface area contributed by atoms with Crippen LogP contribution >= 0.6 is 0 Å². The Kier molecular flexibility index (Phi) is 7.51. The second kappa shape index (κ2) is 9.42. The number of hydrogen-bond donors (Lipinski definition) is 2. The minimum atomic E-state index is 0.252. The summed E-state index contributed by atoms with van der Waals surface area (Å²) in [6, 6.07) is 0.448. The fraction of sp³-hybridized carbons (Fsp3) is 0.941.